The predicted molar refractivity (Wildman–Crippen MR) is 72.5 cm³/mol. The van der Waals surface area contributed by atoms with E-state index in [1.807, 2.05) is 18.2 Å². The number of hydrazine groups is 1. The minimum absolute atomic E-state index is 0.148. The van der Waals surface area contributed by atoms with Gasteiger partial charge in [0.2, 0.25) is 0 Å². The summed E-state index contributed by atoms with van der Waals surface area (Å²) in [5, 5.41) is 7.64. The van der Waals surface area contributed by atoms with Crippen LogP contribution in [0.3, 0.4) is 0 Å². The van der Waals surface area contributed by atoms with Gasteiger partial charge in [-0.2, -0.15) is 11.3 Å². The average molecular weight is 247 g/mol. The number of rotatable bonds is 6. The molecule has 0 aliphatic rings. The highest BCUT2D eigenvalue weighted by Gasteiger charge is 2.07. The fourth-order valence-corrected chi connectivity index (χ4v) is 2.38. The molecule has 1 aromatic carbocycles. The summed E-state index contributed by atoms with van der Waals surface area (Å²) in [7, 11) is 0. The molecule has 2 rings (SSSR count). The first-order valence-electron chi connectivity index (χ1n) is 5.63. The van der Waals surface area contributed by atoms with Gasteiger partial charge in [-0.05, 0) is 28.0 Å². The topological polar surface area (TPSA) is 50.1 Å². The lowest BCUT2D eigenvalue weighted by molar-refractivity contribution is 0.502. The number of thiophene rings is 1. The second kappa shape index (κ2) is 6.51. The molecule has 1 aromatic heterocycles. The van der Waals surface area contributed by atoms with Gasteiger partial charge in [-0.25, -0.2) is 0 Å². The Kier molecular flexibility index (Phi) is 4.70. The van der Waals surface area contributed by atoms with E-state index in [9.17, 15) is 0 Å². The van der Waals surface area contributed by atoms with Crippen LogP contribution in [0.2, 0.25) is 0 Å². The van der Waals surface area contributed by atoms with E-state index < -0.39 is 0 Å². The zero-order valence-corrected chi connectivity index (χ0v) is 10.4. The summed E-state index contributed by atoms with van der Waals surface area (Å²) in [4.78, 5) is 0. The quantitative estimate of drug-likeness (QED) is 0.541. The number of hydrogen-bond acceptors (Lipinski definition) is 4. The average Bonchev–Trinajstić information content (AvgIpc) is 2.89. The van der Waals surface area contributed by atoms with E-state index in [2.05, 4.69) is 39.7 Å². The summed E-state index contributed by atoms with van der Waals surface area (Å²) in [5.41, 5.74) is 5.36. The zero-order chi connectivity index (χ0) is 11.9. The Morgan fingerprint density at radius 2 is 2.00 bits per heavy atom. The number of hydrogen-bond donors (Lipinski definition) is 3. The van der Waals surface area contributed by atoms with Crippen molar-refractivity contribution in [1.29, 1.82) is 0 Å². The second-order valence-electron chi connectivity index (χ2n) is 3.89. The van der Waals surface area contributed by atoms with E-state index in [1.54, 1.807) is 11.3 Å². The minimum Gasteiger partial charge on any atom is -0.311 e. The molecule has 0 aliphatic heterocycles. The maximum atomic E-state index is 5.58. The van der Waals surface area contributed by atoms with E-state index >= 15 is 0 Å². The van der Waals surface area contributed by atoms with Crippen LogP contribution < -0.4 is 16.6 Å². The number of benzene rings is 1. The van der Waals surface area contributed by atoms with Crippen molar-refractivity contribution in [2.75, 3.05) is 6.54 Å². The van der Waals surface area contributed by atoms with E-state index in [0.717, 1.165) is 13.1 Å². The van der Waals surface area contributed by atoms with Crippen LogP contribution in [0.1, 0.15) is 17.2 Å². The fraction of sp³-hybridized carbons (Fsp3) is 0.231. The normalized spacial score (nSPS) is 12.5. The number of nitrogens with one attached hydrogen (secondary N) is 2. The molecule has 0 fully saturated rings. The van der Waals surface area contributed by atoms with Crippen molar-refractivity contribution in [1.82, 2.24) is 10.7 Å². The lowest BCUT2D eigenvalue weighted by Crippen LogP contribution is -2.35. The number of nitrogens with two attached hydrogens (primary N) is 1. The van der Waals surface area contributed by atoms with Gasteiger partial charge in [-0.15, -0.1) is 0 Å². The standard InChI is InChI=1S/C13H17N3S/c14-16-13(12-4-2-1-3-5-12)9-15-8-11-6-7-17-10-11/h1-7,10,13,15-16H,8-9,14H2/t13-/m1/s1. The van der Waals surface area contributed by atoms with E-state index in [4.69, 9.17) is 5.84 Å². The molecule has 0 saturated carbocycles. The van der Waals surface area contributed by atoms with Crippen molar-refractivity contribution in [2.24, 2.45) is 5.84 Å². The van der Waals surface area contributed by atoms with Gasteiger partial charge >= 0.3 is 0 Å². The summed E-state index contributed by atoms with van der Waals surface area (Å²) < 4.78 is 0. The maximum absolute atomic E-state index is 5.58. The minimum atomic E-state index is 0.148. The molecule has 0 aliphatic carbocycles. The monoisotopic (exact) mass is 247 g/mol. The molecule has 0 bridgehead atoms. The molecule has 2 aromatic rings. The van der Waals surface area contributed by atoms with Gasteiger partial charge in [0.25, 0.3) is 0 Å². The van der Waals surface area contributed by atoms with E-state index in [0.29, 0.717) is 0 Å². The van der Waals surface area contributed by atoms with Crippen LogP contribution in [0.25, 0.3) is 0 Å². The van der Waals surface area contributed by atoms with Gasteiger partial charge in [0.05, 0.1) is 6.04 Å². The molecule has 1 atom stereocenters. The first kappa shape index (κ1) is 12.3. The fourth-order valence-electron chi connectivity index (χ4n) is 1.71. The largest absolute Gasteiger partial charge is 0.311 e. The van der Waals surface area contributed by atoms with Crippen molar-refractivity contribution in [3.8, 4) is 0 Å². The Morgan fingerprint density at radius 1 is 1.18 bits per heavy atom. The van der Waals surface area contributed by atoms with Gasteiger partial charge in [0.15, 0.2) is 0 Å². The smallest absolute Gasteiger partial charge is 0.0584 e. The summed E-state index contributed by atoms with van der Waals surface area (Å²) in [6.45, 7) is 1.70. The second-order valence-corrected chi connectivity index (χ2v) is 4.67. The molecule has 0 saturated heterocycles. The van der Waals surface area contributed by atoms with Crippen molar-refractivity contribution in [3.63, 3.8) is 0 Å². The van der Waals surface area contributed by atoms with Crippen LogP contribution >= 0.6 is 11.3 Å². The Morgan fingerprint density at radius 3 is 2.65 bits per heavy atom. The Balaban J connectivity index is 1.84. The molecule has 4 heteroatoms. The van der Waals surface area contributed by atoms with Crippen LogP contribution in [0.5, 0.6) is 0 Å². The SMILES string of the molecule is NN[C@H](CNCc1ccsc1)c1ccccc1. The Hall–Kier alpha value is -1.20. The highest BCUT2D eigenvalue weighted by atomic mass is 32.1. The molecular formula is C13H17N3S. The lowest BCUT2D eigenvalue weighted by atomic mass is 10.1. The zero-order valence-electron chi connectivity index (χ0n) is 9.60. The van der Waals surface area contributed by atoms with Crippen LogP contribution in [0, 0.1) is 0 Å². The molecule has 1 heterocycles. The van der Waals surface area contributed by atoms with Crippen LogP contribution in [-0.2, 0) is 6.54 Å². The Labute approximate surface area is 106 Å². The molecule has 0 spiro atoms. The first-order valence-corrected chi connectivity index (χ1v) is 6.57. The van der Waals surface area contributed by atoms with Gasteiger partial charge in [0, 0.05) is 13.1 Å². The molecule has 4 N–H and O–H groups in total. The van der Waals surface area contributed by atoms with Gasteiger partial charge < -0.3 is 5.32 Å². The van der Waals surface area contributed by atoms with Crippen LogP contribution in [-0.4, -0.2) is 6.54 Å². The highest BCUT2D eigenvalue weighted by molar-refractivity contribution is 7.07. The van der Waals surface area contributed by atoms with Crippen molar-refractivity contribution < 1.29 is 0 Å². The summed E-state index contributed by atoms with van der Waals surface area (Å²) >= 11 is 1.72. The van der Waals surface area contributed by atoms with Crippen molar-refractivity contribution in [2.45, 2.75) is 12.6 Å². The molecule has 90 valence electrons. The third kappa shape index (κ3) is 3.64. The van der Waals surface area contributed by atoms with Gasteiger partial charge in [-0.3, -0.25) is 11.3 Å². The third-order valence-electron chi connectivity index (χ3n) is 2.66. The summed E-state index contributed by atoms with van der Waals surface area (Å²) in [6, 6.07) is 12.5. The molecule has 0 amide bonds. The molecule has 0 radical (unpaired) electrons. The molecule has 3 nitrogen and oxygen atoms in total. The first-order chi connectivity index (χ1) is 8.40. The highest BCUT2D eigenvalue weighted by Crippen LogP contribution is 2.11. The van der Waals surface area contributed by atoms with Gasteiger partial charge in [0.1, 0.15) is 0 Å². The van der Waals surface area contributed by atoms with Crippen molar-refractivity contribution in [3.05, 3.63) is 58.3 Å². The molecule has 17 heavy (non-hydrogen) atoms. The lowest BCUT2D eigenvalue weighted by Gasteiger charge is -2.16. The van der Waals surface area contributed by atoms with Crippen LogP contribution in [0.4, 0.5) is 0 Å². The molecule has 0 unspecified atom stereocenters. The summed E-state index contributed by atoms with van der Waals surface area (Å²) in [6.07, 6.45) is 0. The summed E-state index contributed by atoms with van der Waals surface area (Å²) in [5.74, 6) is 5.58. The van der Waals surface area contributed by atoms with E-state index in [1.165, 1.54) is 11.1 Å². The van der Waals surface area contributed by atoms with Gasteiger partial charge in [-0.1, -0.05) is 30.3 Å². The Bertz CT molecular complexity index is 413. The van der Waals surface area contributed by atoms with Crippen molar-refractivity contribution >= 4 is 11.3 Å². The predicted octanol–water partition coefficient (Wildman–Crippen LogP) is 2.04. The maximum Gasteiger partial charge on any atom is 0.0584 e. The van der Waals surface area contributed by atoms with E-state index in [-0.39, 0.29) is 6.04 Å². The van der Waals surface area contributed by atoms with Crippen LogP contribution in [0.15, 0.2) is 47.2 Å². The third-order valence-corrected chi connectivity index (χ3v) is 3.39. The molecular weight excluding hydrogens is 230 g/mol.